The zero-order chi connectivity index (χ0) is 16.0. The fourth-order valence-electron chi connectivity index (χ4n) is 1.74. The zero-order valence-corrected chi connectivity index (χ0v) is 13.9. The van der Waals surface area contributed by atoms with Crippen molar-refractivity contribution in [3.05, 3.63) is 33.8 Å². The number of hydrogen-bond donors (Lipinski definition) is 2. The van der Waals surface area contributed by atoms with Crippen LogP contribution in [0.3, 0.4) is 0 Å². The van der Waals surface area contributed by atoms with Crippen molar-refractivity contribution in [3.8, 4) is 0 Å². The minimum absolute atomic E-state index is 0.0698. The Morgan fingerprint density at radius 1 is 1.29 bits per heavy atom. The third-order valence-electron chi connectivity index (χ3n) is 3.03. The maximum Gasteiger partial charge on any atom is 0.335 e. The minimum atomic E-state index is -1.07. The van der Waals surface area contributed by atoms with Crippen LogP contribution in [0.2, 0.25) is 0 Å². The molecule has 0 fully saturated rings. The number of aromatic carboxylic acids is 1. The monoisotopic (exact) mass is 357 g/mol. The molecule has 116 valence electrons. The van der Waals surface area contributed by atoms with Crippen molar-refractivity contribution in [2.24, 2.45) is 5.92 Å². The second kappa shape index (κ2) is 8.14. The highest BCUT2D eigenvalue weighted by Gasteiger charge is 2.18. The SMILES string of the molecule is CCOCC(NC(=O)c1cc(Br)cc(C(=O)O)c1)C(C)C. The van der Waals surface area contributed by atoms with Gasteiger partial charge in [-0.3, -0.25) is 4.79 Å². The Balaban J connectivity index is 2.89. The van der Waals surface area contributed by atoms with Gasteiger partial charge in [-0.2, -0.15) is 0 Å². The largest absolute Gasteiger partial charge is 0.478 e. The molecule has 0 spiro atoms. The number of amides is 1. The van der Waals surface area contributed by atoms with E-state index in [4.69, 9.17) is 9.84 Å². The molecule has 0 saturated carbocycles. The third kappa shape index (κ3) is 5.47. The number of rotatable bonds is 7. The summed E-state index contributed by atoms with van der Waals surface area (Å²) in [5.41, 5.74) is 0.379. The van der Waals surface area contributed by atoms with Gasteiger partial charge >= 0.3 is 5.97 Å². The van der Waals surface area contributed by atoms with Crippen LogP contribution in [0.1, 0.15) is 41.5 Å². The lowest BCUT2D eigenvalue weighted by Gasteiger charge is -2.22. The van der Waals surface area contributed by atoms with E-state index in [1.807, 2.05) is 20.8 Å². The van der Waals surface area contributed by atoms with Crippen LogP contribution in [0.25, 0.3) is 0 Å². The van der Waals surface area contributed by atoms with E-state index in [0.717, 1.165) is 0 Å². The van der Waals surface area contributed by atoms with E-state index >= 15 is 0 Å². The summed E-state index contributed by atoms with van der Waals surface area (Å²) >= 11 is 3.22. The zero-order valence-electron chi connectivity index (χ0n) is 12.4. The number of carboxylic acids is 1. The molecule has 6 heteroatoms. The van der Waals surface area contributed by atoms with Crippen molar-refractivity contribution >= 4 is 27.8 Å². The molecule has 21 heavy (non-hydrogen) atoms. The Bertz CT molecular complexity index is 516. The minimum Gasteiger partial charge on any atom is -0.478 e. The van der Waals surface area contributed by atoms with Gasteiger partial charge in [0.25, 0.3) is 5.91 Å². The molecule has 0 radical (unpaired) electrons. The van der Waals surface area contributed by atoms with Crippen LogP contribution < -0.4 is 5.32 Å². The number of carbonyl (C=O) groups excluding carboxylic acids is 1. The molecular formula is C15H20BrNO4. The molecule has 1 aromatic carbocycles. The maximum absolute atomic E-state index is 12.3. The highest BCUT2D eigenvalue weighted by atomic mass is 79.9. The highest BCUT2D eigenvalue weighted by Crippen LogP contribution is 2.16. The summed E-state index contributed by atoms with van der Waals surface area (Å²) in [7, 11) is 0. The number of ether oxygens (including phenoxy) is 1. The lowest BCUT2D eigenvalue weighted by atomic mass is 10.0. The van der Waals surface area contributed by atoms with Crippen LogP contribution in [0.15, 0.2) is 22.7 Å². The fraction of sp³-hybridized carbons (Fsp3) is 0.467. The van der Waals surface area contributed by atoms with Crippen molar-refractivity contribution in [3.63, 3.8) is 0 Å². The number of benzene rings is 1. The molecule has 1 rings (SSSR count). The van der Waals surface area contributed by atoms with Gasteiger partial charge in [0.15, 0.2) is 0 Å². The van der Waals surface area contributed by atoms with E-state index in [1.165, 1.54) is 12.1 Å². The first-order valence-corrected chi connectivity index (χ1v) is 7.57. The van der Waals surface area contributed by atoms with Gasteiger partial charge in [0, 0.05) is 16.6 Å². The van der Waals surface area contributed by atoms with Gasteiger partial charge in [-0.05, 0) is 31.0 Å². The number of halogens is 1. The van der Waals surface area contributed by atoms with E-state index in [-0.39, 0.29) is 23.4 Å². The quantitative estimate of drug-likeness (QED) is 0.786. The van der Waals surface area contributed by atoms with Gasteiger partial charge in [-0.15, -0.1) is 0 Å². The summed E-state index contributed by atoms with van der Waals surface area (Å²) in [4.78, 5) is 23.3. The Labute approximate surface area is 132 Å². The fourth-order valence-corrected chi connectivity index (χ4v) is 2.23. The molecule has 0 saturated heterocycles. The molecule has 1 amide bonds. The normalized spacial score (nSPS) is 12.2. The second-order valence-corrected chi connectivity index (χ2v) is 5.93. The van der Waals surface area contributed by atoms with E-state index in [0.29, 0.717) is 23.2 Å². The van der Waals surface area contributed by atoms with E-state index < -0.39 is 5.97 Å². The summed E-state index contributed by atoms with van der Waals surface area (Å²) < 4.78 is 5.92. The molecule has 1 aromatic rings. The topological polar surface area (TPSA) is 75.6 Å². The van der Waals surface area contributed by atoms with Crippen molar-refractivity contribution in [1.29, 1.82) is 0 Å². The standard InChI is InChI=1S/C15H20BrNO4/c1-4-21-8-13(9(2)3)17-14(18)10-5-11(15(19)20)7-12(16)6-10/h5-7,9,13H,4,8H2,1-3H3,(H,17,18)(H,19,20). The summed E-state index contributed by atoms with van der Waals surface area (Å²) in [5.74, 6) is -1.16. The van der Waals surface area contributed by atoms with Crippen LogP contribution in [-0.2, 0) is 4.74 Å². The van der Waals surface area contributed by atoms with Crippen LogP contribution >= 0.6 is 15.9 Å². The molecule has 0 bridgehead atoms. The molecular weight excluding hydrogens is 338 g/mol. The second-order valence-electron chi connectivity index (χ2n) is 5.02. The van der Waals surface area contributed by atoms with E-state index in [2.05, 4.69) is 21.2 Å². The first-order chi connectivity index (χ1) is 9.85. The average Bonchev–Trinajstić information content (AvgIpc) is 2.42. The van der Waals surface area contributed by atoms with Crippen LogP contribution in [-0.4, -0.2) is 36.2 Å². The predicted molar refractivity (Wildman–Crippen MR) is 83.7 cm³/mol. The van der Waals surface area contributed by atoms with Gasteiger partial charge in [-0.1, -0.05) is 29.8 Å². The van der Waals surface area contributed by atoms with Crippen LogP contribution in [0.5, 0.6) is 0 Å². The number of hydrogen-bond acceptors (Lipinski definition) is 3. The Morgan fingerprint density at radius 3 is 2.43 bits per heavy atom. The lowest BCUT2D eigenvalue weighted by molar-refractivity contribution is 0.0696. The number of carboxylic acid groups (broad SMARTS) is 1. The summed E-state index contributed by atoms with van der Waals surface area (Å²) in [6.07, 6.45) is 0. The highest BCUT2D eigenvalue weighted by molar-refractivity contribution is 9.10. The Kier molecular flexibility index (Phi) is 6.84. The molecule has 0 aliphatic rings. The smallest absolute Gasteiger partial charge is 0.335 e. The molecule has 0 aliphatic carbocycles. The lowest BCUT2D eigenvalue weighted by Crippen LogP contribution is -2.42. The van der Waals surface area contributed by atoms with Crippen LogP contribution in [0, 0.1) is 5.92 Å². The Hall–Kier alpha value is -1.40. The Morgan fingerprint density at radius 2 is 1.90 bits per heavy atom. The summed E-state index contributed by atoms with van der Waals surface area (Å²) in [6.45, 7) is 6.90. The van der Waals surface area contributed by atoms with Gasteiger partial charge in [0.1, 0.15) is 0 Å². The van der Waals surface area contributed by atoms with Gasteiger partial charge in [-0.25, -0.2) is 4.79 Å². The van der Waals surface area contributed by atoms with E-state index in [1.54, 1.807) is 6.07 Å². The summed E-state index contributed by atoms with van der Waals surface area (Å²) in [5, 5.41) is 11.9. The average molecular weight is 358 g/mol. The van der Waals surface area contributed by atoms with Crippen molar-refractivity contribution < 1.29 is 19.4 Å². The van der Waals surface area contributed by atoms with Gasteiger partial charge in [0.05, 0.1) is 18.2 Å². The van der Waals surface area contributed by atoms with Gasteiger partial charge in [0.2, 0.25) is 0 Å². The molecule has 0 aliphatic heterocycles. The molecule has 1 unspecified atom stereocenters. The molecule has 1 atom stereocenters. The molecule has 2 N–H and O–H groups in total. The third-order valence-corrected chi connectivity index (χ3v) is 3.49. The number of nitrogens with one attached hydrogen (secondary N) is 1. The van der Waals surface area contributed by atoms with Crippen molar-refractivity contribution in [2.75, 3.05) is 13.2 Å². The maximum atomic E-state index is 12.3. The van der Waals surface area contributed by atoms with Gasteiger partial charge < -0.3 is 15.2 Å². The molecule has 0 aromatic heterocycles. The first kappa shape index (κ1) is 17.7. The predicted octanol–water partition coefficient (Wildman–Crippen LogP) is 2.94. The summed E-state index contributed by atoms with van der Waals surface area (Å²) in [6, 6.07) is 4.30. The van der Waals surface area contributed by atoms with Crippen LogP contribution in [0.4, 0.5) is 0 Å². The number of carbonyl (C=O) groups is 2. The first-order valence-electron chi connectivity index (χ1n) is 6.77. The van der Waals surface area contributed by atoms with Crippen molar-refractivity contribution in [2.45, 2.75) is 26.8 Å². The molecule has 5 nitrogen and oxygen atoms in total. The van der Waals surface area contributed by atoms with Crippen molar-refractivity contribution in [1.82, 2.24) is 5.32 Å². The molecule has 0 heterocycles. The van der Waals surface area contributed by atoms with E-state index in [9.17, 15) is 9.59 Å².